The fourth-order valence-corrected chi connectivity index (χ4v) is 3.89. The van der Waals surface area contributed by atoms with Crippen LogP contribution in [0, 0.1) is 0 Å². The van der Waals surface area contributed by atoms with Gasteiger partial charge >= 0.3 is 0 Å². The minimum atomic E-state index is -0.0850. The number of carbonyl (C=O) groups is 1. The molecule has 1 N–H and O–H groups in total. The maximum absolute atomic E-state index is 12.3. The first-order chi connectivity index (χ1) is 13.1. The van der Waals surface area contributed by atoms with Gasteiger partial charge in [-0.3, -0.25) is 13.7 Å². The second-order valence-corrected chi connectivity index (χ2v) is 8.12. The predicted octanol–water partition coefficient (Wildman–Crippen LogP) is 3.86. The molecule has 0 unspecified atom stereocenters. The minimum Gasteiger partial charge on any atom is -0.461 e. The summed E-state index contributed by atoms with van der Waals surface area (Å²) in [5.74, 6) is 1.50. The van der Waals surface area contributed by atoms with Crippen LogP contribution in [-0.4, -0.2) is 44.8 Å². The van der Waals surface area contributed by atoms with E-state index in [9.17, 15) is 4.79 Å². The highest BCUT2D eigenvalue weighted by atomic mass is 32.2. The number of thioether (sulfide) groups is 1. The molecule has 3 aromatic rings. The molecule has 0 atom stereocenters. The highest BCUT2D eigenvalue weighted by molar-refractivity contribution is 7.99. The highest BCUT2D eigenvalue weighted by Crippen LogP contribution is 2.25. The zero-order valence-electron chi connectivity index (χ0n) is 15.4. The zero-order chi connectivity index (χ0) is 19.2. The Labute approximate surface area is 166 Å². The first kappa shape index (κ1) is 19.5. The van der Waals surface area contributed by atoms with Gasteiger partial charge in [-0.25, -0.2) is 0 Å². The molecule has 1 amide bonds. The van der Waals surface area contributed by atoms with Crippen molar-refractivity contribution >= 4 is 35.3 Å². The molecule has 0 aliphatic rings. The molecular weight excluding hydrogens is 382 g/mol. The van der Waals surface area contributed by atoms with Crippen molar-refractivity contribution in [2.24, 2.45) is 0 Å². The molecular formula is C18H21N5O2S2. The van der Waals surface area contributed by atoms with E-state index in [1.165, 1.54) is 11.8 Å². The normalized spacial score (nSPS) is 11.1. The lowest BCUT2D eigenvalue weighted by Gasteiger charge is -2.10. The van der Waals surface area contributed by atoms with Crippen LogP contribution in [0.15, 0.2) is 57.1 Å². The lowest BCUT2D eigenvalue weighted by Crippen LogP contribution is -2.14. The fraction of sp³-hybridized carbons (Fsp3) is 0.278. The van der Waals surface area contributed by atoms with Crippen LogP contribution in [-0.2, 0) is 11.3 Å². The van der Waals surface area contributed by atoms with Gasteiger partial charge in [-0.15, -0.1) is 10.2 Å². The Bertz CT molecular complexity index is 876. The zero-order valence-corrected chi connectivity index (χ0v) is 17.0. The molecule has 7 nitrogen and oxygen atoms in total. The monoisotopic (exact) mass is 403 g/mol. The van der Waals surface area contributed by atoms with Gasteiger partial charge in [-0.2, -0.15) is 0 Å². The van der Waals surface area contributed by atoms with Crippen LogP contribution < -0.4 is 5.32 Å². The first-order valence-electron chi connectivity index (χ1n) is 8.42. The average molecular weight is 404 g/mol. The standard InChI is InChI=1S/C18H21N5O2S2/c1-4-23-17(15-6-5-11-25-15)20-21-18(23)26-12-16(24)19-13-7-9-14(10-8-13)27-22(2)3/h5-11H,4,12H2,1-3H3,(H,19,24). The highest BCUT2D eigenvalue weighted by Gasteiger charge is 2.16. The Morgan fingerprint density at radius 1 is 1.22 bits per heavy atom. The lowest BCUT2D eigenvalue weighted by atomic mass is 10.3. The maximum atomic E-state index is 12.3. The molecule has 27 heavy (non-hydrogen) atoms. The summed E-state index contributed by atoms with van der Waals surface area (Å²) in [5, 5.41) is 12.0. The second kappa shape index (κ2) is 9.12. The van der Waals surface area contributed by atoms with E-state index in [0.29, 0.717) is 23.3 Å². The fourth-order valence-electron chi connectivity index (χ4n) is 2.41. The van der Waals surface area contributed by atoms with Crippen LogP contribution in [0.4, 0.5) is 5.69 Å². The van der Waals surface area contributed by atoms with Gasteiger partial charge in [0.05, 0.1) is 12.0 Å². The summed E-state index contributed by atoms with van der Waals surface area (Å²) >= 11 is 2.98. The number of nitrogens with zero attached hydrogens (tertiary/aromatic N) is 4. The van der Waals surface area contributed by atoms with Crippen molar-refractivity contribution in [2.45, 2.75) is 23.5 Å². The van der Waals surface area contributed by atoms with E-state index in [1.54, 1.807) is 18.2 Å². The number of aromatic nitrogens is 3. The number of amides is 1. The summed E-state index contributed by atoms with van der Waals surface area (Å²) in [4.78, 5) is 13.4. The quantitative estimate of drug-likeness (QED) is 0.452. The van der Waals surface area contributed by atoms with Crippen LogP contribution in [0.5, 0.6) is 0 Å². The van der Waals surface area contributed by atoms with Gasteiger partial charge in [-0.05, 0) is 69.4 Å². The van der Waals surface area contributed by atoms with Crippen LogP contribution in [0.2, 0.25) is 0 Å². The summed E-state index contributed by atoms with van der Waals surface area (Å²) in [6.07, 6.45) is 1.60. The molecule has 0 aliphatic carbocycles. The Kier molecular flexibility index (Phi) is 6.59. The molecule has 0 aliphatic heterocycles. The molecule has 1 aromatic carbocycles. The van der Waals surface area contributed by atoms with Crippen LogP contribution in [0.25, 0.3) is 11.6 Å². The summed E-state index contributed by atoms with van der Waals surface area (Å²) in [7, 11) is 3.98. The molecule has 0 spiro atoms. The van der Waals surface area contributed by atoms with Crippen molar-refractivity contribution in [3.8, 4) is 11.6 Å². The molecule has 0 fully saturated rings. The predicted molar refractivity (Wildman–Crippen MR) is 109 cm³/mol. The number of hydrogen-bond acceptors (Lipinski definition) is 7. The van der Waals surface area contributed by atoms with E-state index in [0.717, 1.165) is 10.6 Å². The van der Waals surface area contributed by atoms with E-state index in [1.807, 2.05) is 66.3 Å². The smallest absolute Gasteiger partial charge is 0.234 e. The Morgan fingerprint density at radius 3 is 2.63 bits per heavy atom. The van der Waals surface area contributed by atoms with E-state index < -0.39 is 0 Å². The van der Waals surface area contributed by atoms with Gasteiger partial charge in [0.1, 0.15) is 0 Å². The first-order valence-corrected chi connectivity index (χ1v) is 10.2. The number of benzene rings is 1. The van der Waals surface area contributed by atoms with Gasteiger partial charge in [-0.1, -0.05) is 11.8 Å². The lowest BCUT2D eigenvalue weighted by molar-refractivity contribution is -0.113. The molecule has 9 heteroatoms. The van der Waals surface area contributed by atoms with Crippen molar-refractivity contribution in [3.05, 3.63) is 42.7 Å². The number of carbonyl (C=O) groups excluding carboxylic acids is 1. The largest absolute Gasteiger partial charge is 0.461 e. The third-order valence-corrected chi connectivity index (χ3v) is 5.35. The van der Waals surface area contributed by atoms with Crippen molar-refractivity contribution < 1.29 is 9.21 Å². The van der Waals surface area contributed by atoms with Crippen molar-refractivity contribution in [3.63, 3.8) is 0 Å². The number of nitrogens with one attached hydrogen (secondary N) is 1. The molecule has 0 bridgehead atoms. The number of furan rings is 1. The van der Waals surface area contributed by atoms with E-state index in [4.69, 9.17) is 4.42 Å². The third kappa shape index (κ3) is 5.15. The molecule has 0 radical (unpaired) electrons. The summed E-state index contributed by atoms with van der Waals surface area (Å²) in [6.45, 7) is 2.70. The SMILES string of the molecule is CCn1c(SCC(=O)Nc2ccc(SN(C)C)cc2)nnc1-c1ccco1. The van der Waals surface area contributed by atoms with Crippen molar-refractivity contribution in [1.82, 2.24) is 19.1 Å². The molecule has 142 valence electrons. The third-order valence-electron chi connectivity index (χ3n) is 3.53. The summed E-state index contributed by atoms with van der Waals surface area (Å²) < 4.78 is 9.35. The van der Waals surface area contributed by atoms with E-state index >= 15 is 0 Å². The number of hydrogen-bond donors (Lipinski definition) is 1. The molecule has 3 rings (SSSR count). The van der Waals surface area contributed by atoms with Gasteiger partial charge in [0, 0.05) is 17.1 Å². The molecule has 0 saturated heterocycles. The average Bonchev–Trinajstić information content (AvgIpc) is 3.30. The Morgan fingerprint density at radius 2 is 2.00 bits per heavy atom. The van der Waals surface area contributed by atoms with Gasteiger partial charge in [0.2, 0.25) is 5.91 Å². The van der Waals surface area contributed by atoms with Gasteiger partial charge < -0.3 is 9.73 Å². The van der Waals surface area contributed by atoms with Crippen LogP contribution >= 0.6 is 23.7 Å². The van der Waals surface area contributed by atoms with E-state index in [2.05, 4.69) is 15.5 Å². The van der Waals surface area contributed by atoms with Crippen molar-refractivity contribution in [1.29, 1.82) is 0 Å². The van der Waals surface area contributed by atoms with Crippen LogP contribution in [0.3, 0.4) is 0 Å². The van der Waals surface area contributed by atoms with E-state index in [-0.39, 0.29) is 11.7 Å². The molecule has 0 saturated carbocycles. The summed E-state index contributed by atoms with van der Waals surface area (Å²) in [6, 6.07) is 11.4. The number of rotatable bonds is 8. The number of anilines is 1. The van der Waals surface area contributed by atoms with Crippen molar-refractivity contribution in [2.75, 3.05) is 25.2 Å². The van der Waals surface area contributed by atoms with Crippen LogP contribution in [0.1, 0.15) is 6.92 Å². The van der Waals surface area contributed by atoms with Gasteiger partial charge in [0.25, 0.3) is 0 Å². The topological polar surface area (TPSA) is 76.2 Å². The van der Waals surface area contributed by atoms with Gasteiger partial charge in [0.15, 0.2) is 16.7 Å². The Balaban J connectivity index is 1.58. The summed E-state index contributed by atoms with van der Waals surface area (Å²) in [5.41, 5.74) is 0.775. The maximum Gasteiger partial charge on any atom is 0.234 e. The molecule has 2 heterocycles. The Hall–Kier alpha value is -2.23. The minimum absolute atomic E-state index is 0.0850. The molecule has 2 aromatic heterocycles. The second-order valence-electron chi connectivity index (χ2n) is 5.79.